The van der Waals surface area contributed by atoms with Gasteiger partial charge in [-0.05, 0) is 61.6 Å². The van der Waals surface area contributed by atoms with Gasteiger partial charge in [0.15, 0.2) is 0 Å². The number of hydrogen-bond donors (Lipinski definition) is 1. The Morgan fingerprint density at radius 1 is 1.22 bits per heavy atom. The van der Waals surface area contributed by atoms with Gasteiger partial charge in [0.2, 0.25) is 0 Å². The molecule has 0 spiro atoms. The Hall–Kier alpha value is -2.51. The van der Waals surface area contributed by atoms with Gasteiger partial charge in [0.1, 0.15) is 11.9 Å². The summed E-state index contributed by atoms with van der Waals surface area (Å²) in [5, 5.41) is 0.954. The number of rotatable bonds is 8. The molecule has 1 amide bonds. The Balaban J connectivity index is 1.54. The lowest BCUT2D eigenvalue weighted by Gasteiger charge is -2.40. The fourth-order valence-electron chi connectivity index (χ4n) is 6.30. The van der Waals surface area contributed by atoms with Crippen LogP contribution in [0.5, 0.6) is 0 Å². The maximum atomic E-state index is 14.0. The number of anilines is 1. The number of primary amides is 1. The van der Waals surface area contributed by atoms with Crippen LogP contribution in [0.4, 0.5) is 14.9 Å². The lowest BCUT2D eigenvalue weighted by Crippen LogP contribution is -2.50. The van der Waals surface area contributed by atoms with Crippen LogP contribution in [0.2, 0.25) is 10.0 Å². The highest BCUT2D eigenvalue weighted by atomic mass is 35.5. The number of nitrogens with zero attached hydrogens (tertiary/aromatic N) is 3. The number of benzene rings is 2. The van der Waals surface area contributed by atoms with Gasteiger partial charge < -0.3 is 19.9 Å². The lowest BCUT2D eigenvalue weighted by molar-refractivity contribution is 0.0761. The van der Waals surface area contributed by atoms with Gasteiger partial charge in [-0.15, -0.1) is 0 Å². The molecule has 0 saturated heterocycles. The van der Waals surface area contributed by atoms with Crippen LogP contribution in [0.25, 0.3) is 11.0 Å². The van der Waals surface area contributed by atoms with Crippen molar-refractivity contribution in [3.63, 3.8) is 0 Å². The zero-order valence-electron chi connectivity index (χ0n) is 20.3. The van der Waals surface area contributed by atoms with Gasteiger partial charge in [-0.1, -0.05) is 48.9 Å². The van der Waals surface area contributed by atoms with Crippen molar-refractivity contribution in [3.05, 3.63) is 58.1 Å². The van der Waals surface area contributed by atoms with E-state index in [-0.39, 0.29) is 17.8 Å². The fraction of sp³-hybridized carbons (Fsp3) is 0.481. The van der Waals surface area contributed by atoms with Crippen molar-refractivity contribution in [3.8, 4) is 0 Å². The van der Waals surface area contributed by atoms with Crippen molar-refractivity contribution >= 4 is 46.0 Å². The molecule has 1 fully saturated rings. The molecule has 3 atom stereocenters. The summed E-state index contributed by atoms with van der Waals surface area (Å²) < 4.78 is 21.7. The minimum atomic E-state index is -0.792. The van der Waals surface area contributed by atoms with E-state index in [1.54, 1.807) is 12.1 Å². The van der Waals surface area contributed by atoms with Gasteiger partial charge in [-0.3, -0.25) is 0 Å². The minimum Gasteiger partial charge on any atom is -0.444 e. The van der Waals surface area contributed by atoms with Gasteiger partial charge in [0.05, 0.1) is 33.4 Å². The predicted molar refractivity (Wildman–Crippen MR) is 141 cm³/mol. The SMILES string of the molecule is CC(OC(N)=O)[C@@H]([C@@H](CC1CCCC1)Cn1cnc2cc(Cl)c(Cl)cc21)N1CCc2cc(F)ccc21. The molecule has 2 aromatic carbocycles. The molecule has 0 bridgehead atoms. The molecule has 192 valence electrons. The number of nitrogens with two attached hydrogens (primary N) is 1. The molecule has 3 aromatic rings. The van der Waals surface area contributed by atoms with Crippen LogP contribution < -0.4 is 10.6 Å². The Kier molecular flexibility index (Phi) is 7.31. The summed E-state index contributed by atoms with van der Waals surface area (Å²) in [5.41, 5.74) is 9.13. The summed E-state index contributed by atoms with van der Waals surface area (Å²) in [6.07, 6.45) is 7.16. The minimum absolute atomic E-state index is 0.116. The van der Waals surface area contributed by atoms with E-state index in [2.05, 4.69) is 14.5 Å². The second-order valence-corrected chi connectivity index (χ2v) is 11.0. The maximum absolute atomic E-state index is 14.0. The summed E-state index contributed by atoms with van der Waals surface area (Å²) >= 11 is 12.6. The number of fused-ring (bicyclic) bond motifs is 2. The van der Waals surface area contributed by atoms with E-state index in [1.165, 1.54) is 31.7 Å². The normalized spacial score (nSPS) is 18.4. The van der Waals surface area contributed by atoms with E-state index >= 15 is 0 Å². The van der Waals surface area contributed by atoms with Gasteiger partial charge in [-0.2, -0.15) is 0 Å². The molecule has 6 nitrogen and oxygen atoms in total. The number of imidazole rings is 1. The summed E-state index contributed by atoms with van der Waals surface area (Å²) in [7, 11) is 0. The molecule has 1 aliphatic heterocycles. The molecule has 1 aliphatic carbocycles. The van der Waals surface area contributed by atoms with E-state index in [0.29, 0.717) is 22.5 Å². The van der Waals surface area contributed by atoms with E-state index in [1.807, 2.05) is 25.4 Å². The van der Waals surface area contributed by atoms with Crippen LogP contribution in [0.15, 0.2) is 36.7 Å². The second kappa shape index (κ2) is 10.5. The third-order valence-electron chi connectivity index (χ3n) is 7.80. The molecule has 1 unspecified atom stereocenters. The zero-order valence-corrected chi connectivity index (χ0v) is 21.8. The highest BCUT2D eigenvalue weighted by molar-refractivity contribution is 6.42. The first-order chi connectivity index (χ1) is 17.3. The Bertz CT molecular complexity index is 1260. The van der Waals surface area contributed by atoms with E-state index in [0.717, 1.165) is 41.7 Å². The Morgan fingerprint density at radius 2 is 1.97 bits per heavy atom. The van der Waals surface area contributed by atoms with Crippen molar-refractivity contribution in [2.45, 2.75) is 64.1 Å². The third-order valence-corrected chi connectivity index (χ3v) is 8.53. The number of ether oxygens (including phenoxy) is 1. The molecule has 2 heterocycles. The van der Waals surface area contributed by atoms with Crippen molar-refractivity contribution < 1.29 is 13.9 Å². The predicted octanol–water partition coefficient (Wildman–Crippen LogP) is 6.59. The lowest BCUT2D eigenvalue weighted by atomic mass is 9.84. The van der Waals surface area contributed by atoms with Crippen LogP contribution >= 0.6 is 23.2 Å². The van der Waals surface area contributed by atoms with Crippen molar-refractivity contribution in [2.24, 2.45) is 17.6 Å². The number of amides is 1. The highest BCUT2D eigenvalue weighted by Crippen LogP contribution is 2.39. The summed E-state index contributed by atoms with van der Waals surface area (Å²) in [6, 6.07) is 8.42. The molecule has 36 heavy (non-hydrogen) atoms. The first-order valence-electron chi connectivity index (χ1n) is 12.6. The molecule has 0 radical (unpaired) electrons. The Morgan fingerprint density at radius 3 is 2.72 bits per heavy atom. The van der Waals surface area contributed by atoms with Crippen LogP contribution in [0, 0.1) is 17.7 Å². The number of hydrogen-bond acceptors (Lipinski definition) is 4. The number of halogens is 3. The molecule has 2 N–H and O–H groups in total. The number of carbonyl (C=O) groups is 1. The van der Waals surface area contributed by atoms with Gasteiger partial charge in [0.25, 0.3) is 0 Å². The van der Waals surface area contributed by atoms with E-state index in [9.17, 15) is 9.18 Å². The molecular weight excluding hydrogens is 502 g/mol. The van der Waals surface area contributed by atoms with Gasteiger partial charge in [-0.25, -0.2) is 14.2 Å². The first kappa shape index (κ1) is 25.2. The zero-order chi connectivity index (χ0) is 25.4. The van der Waals surface area contributed by atoms with Crippen LogP contribution in [-0.2, 0) is 17.7 Å². The average Bonchev–Trinajstić information content (AvgIpc) is 3.56. The number of aromatic nitrogens is 2. The maximum Gasteiger partial charge on any atom is 0.404 e. The summed E-state index contributed by atoms with van der Waals surface area (Å²) in [4.78, 5) is 18.7. The molecule has 2 aliphatic rings. The van der Waals surface area contributed by atoms with E-state index in [4.69, 9.17) is 33.7 Å². The first-order valence-corrected chi connectivity index (χ1v) is 13.4. The second-order valence-electron chi connectivity index (χ2n) is 10.1. The fourth-order valence-corrected chi connectivity index (χ4v) is 6.61. The quantitative estimate of drug-likeness (QED) is 0.355. The van der Waals surface area contributed by atoms with Crippen molar-refractivity contribution in [1.82, 2.24) is 9.55 Å². The molecule has 1 aromatic heterocycles. The third kappa shape index (κ3) is 5.14. The average molecular weight is 533 g/mol. The van der Waals surface area contributed by atoms with Crippen LogP contribution in [0.3, 0.4) is 0 Å². The molecule has 9 heteroatoms. The van der Waals surface area contributed by atoms with Gasteiger partial charge in [0, 0.05) is 24.7 Å². The topological polar surface area (TPSA) is 73.4 Å². The standard InChI is InChI=1S/C27H31Cl2FN4O2/c1-16(36-27(31)35)26(34-9-8-18-11-20(30)6-7-24(18)34)19(10-17-4-2-3-5-17)14-33-15-32-23-12-21(28)22(29)13-25(23)33/h6-7,11-13,15-17,19,26H,2-5,8-10,14H2,1H3,(H2,31,35)/t16?,19-,26-/m0/s1. The largest absolute Gasteiger partial charge is 0.444 e. The van der Waals surface area contributed by atoms with Crippen molar-refractivity contribution in [1.29, 1.82) is 0 Å². The van der Waals surface area contributed by atoms with Crippen molar-refractivity contribution in [2.75, 3.05) is 11.4 Å². The molecule has 5 rings (SSSR count). The summed E-state index contributed by atoms with van der Waals surface area (Å²) in [6.45, 7) is 3.29. The smallest absolute Gasteiger partial charge is 0.404 e. The van der Waals surface area contributed by atoms with Crippen LogP contribution in [-0.4, -0.2) is 34.3 Å². The molecular formula is C27H31Cl2FN4O2. The van der Waals surface area contributed by atoms with Crippen LogP contribution in [0.1, 0.15) is 44.6 Å². The number of carbonyl (C=O) groups excluding carboxylic acids is 1. The Labute approximate surface area is 220 Å². The van der Waals surface area contributed by atoms with E-state index < -0.39 is 12.2 Å². The van der Waals surface area contributed by atoms with Gasteiger partial charge >= 0.3 is 6.09 Å². The summed E-state index contributed by atoms with van der Waals surface area (Å²) in [5.74, 6) is 0.475. The monoisotopic (exact) mass is 532 g/mol. The highest BCUT2D eigenvalue weighted by Gasteiger charge is 2.39. The molecule has 1 saturated carbocycles.